The molecular weight excluding hydrogens is 392 g/mol. The number of benzene rings is 2. The number of nitrogens with one attached hydrogen (secondary N) is 1. The van der Waals surface area contributed by atoms with Gasteiger partial charge in [0, 0.05) is 36.3 Å². The molecule has 0 spiro atoms. The number of anilines is 1. The van der Waals surface area contributed by atoms with Gasteiger partial charge in [0.15, 0.2) is 0 Å². The van der Waals surface area contributed by atoms with Crippen molar-refractivity contribution in [2.24, 2.45) is 4.99 Å². The van der Waals surface area contributed by atoms with Gasteiger partial charge < -0.3 is 19.2 Å². The average molecular weight is 423 g/mol. The number of aliphatic imine (C=N–C) groups is 1. The summed E-state index contributed by atoms with van der Waals surface area (Å²) in [6.07, 6.45) is -0.501. The fourth-order valence-corrected chi connectivity index (χ4v) is 3.95. The van der Waals surface area contributed by atoms with Crippen molar-refractivity contribution in [2.75, 3.05) is 31.8 Å². The molecule has 7 nitrogen and oxygen atoms in total. The molecule has 0 amide bonds. The molecule has 2 aromatic carbocycles. The van der Waals surface area contributed by atoms with E-state index in [2.05, 4.69) is 34.9 Å². The van der Waals surface area contributed by atoms with E-state index in [9.17, 15) is 0 Å². The monoisotopic (exact) mass is 422 g/mol. The summed E-state index contributed by atoms with van der Waals surface area (Å²) in [6.45, 7) is 10.5. The summed E-state index contributed by atoms with van der Waals surface area (Å²) >= 11 is 0. The molecule has 0 saturated carbocycles. The van der Waals surface area contributed by atoms with E-state index in [0.29, 0.717) is 12.5 Å². The Bertz CT molecular complexity index is 1090. The second-order valence-electron chi connectivity index (χ2n) is 7.39. The molecule has 1 N–H and O–H groups in total. The number of aryl methyl sites for hydroxylation is 1. The number of nitrogens with zero attached hydrogens (tertiary/aromatic N) is 3. The fourth-order valence-electron chi connectivity index (χ4n) is 3.95. The lowest BCUT2D eigenvalue weighted by Gasteiger charge is -2.42. The first-order valence-corrected chi connectivity index (χ1v) is 10.8. The number of hydrogen-bond donors (Lipinski definition) is 1. The topological polar surface area (TPSA) is 62.3 Å². The summed E-state index contributed by atoms with van der Waals surface area (Å²) < 4.78 is 17.8. The number of hydrogen-bond acceptors (Lipinski definition) is 6. The van der Waals surface area contributed by atoms with Gasteiger partial charge in [0.05, 0.1) is 18.4 Å². The summed E-state index contributed by atoms with van der Waals surface area (Å²) in [6, 6.07) is 14.1. The number of ether oxygens (including phenoxy) is 3. The minimum Gasteiger partial charge on any atom is -0.497 e. The van der Waals surface area contributed by atoms with Crippen molar-refractivity contribution in [2.45, 2.75) is 34.0 Å². The molecule has 1 atom stereocenters. The van der Waals surface area contributed by atoms with E-state index in [1.54, 1.807) is 7.11 Å². The molecule has 0 aliphatic carbocycles. The van der Waals surface area contributed by atoms with Crippen LogP contribution in [0.25, 0.3) is 10.9 Å². The van der Waals surface area contributed by atoms with Crippen LogP contribution in [-0.2, 0) is 4.74 Å². The van der Waals surface area contributed by atoms with E-state index in [1.807, 2.05) is 50.2 Å². The molecule has 7 heteroatoms. The SMILES string of the molecule is CCOC1N=C(Oc2ccc3[nH]c(C)cc3c2)c2cc(OC)ccc2N1N(CC)CC. The van der Waals surface area contributed by atoms with Crippen molar-refractivity contribution in [1.82, 2.24) is 9.99 Å². The number of methoxy groups -OCH3 is 1. The van der Waals surface area contributed by atoms with Gasteiger partial charge >= 0.3 is 0 Å². The predicted molar refractivity (Wildman–Crippen MR) is 124 cm³/mol. The molecule has 0 saturated heterocycles. The highest BCUT2D eigenvalue weighted by molar-refractivity contribution is 6.03. The van der Waals surface area contributed by atoms with Crippen molar-refractivity contribution >= 4 is 22.5 Å². The number of rotatable bonds is 7. The summed E-state index contributed by atoms with van der Waals surface area (Å²) in [7, 11) is 1.66. The first kappa shape index (κ1) is 21.2. The van der Waals surface area contributed by atoms with Crippen LogP contribution in [0.2, 0.25) is 0 Å². The van der Waals surface area contributed by atoms with Gasteiger partial charge in [0.25, 0.3) is 0 Å². The molecule has 1 aliphatic heterocycles. The van der Waals surface area contributed by atoms with Crippen LogP contribution in [-0.4, -0.2) is 49.0 Å². The minimum atomic E-state index is -0.501. The number of H-pyrrole nitrogens is 1. The third-order valence-corrected chi connectivity index (χ3v) is 5.41. The number of fused-ring (bicyclic) bond motifs is 2. The molecule has 0 radical (unpaired) electrons. The molecule has 2 heterocycles. The van der Waals surface area contributed by atoms with E-state index in [-0.39, 0.29) is 0 Å². The number of aromatic amines is 1. The zero-order valence-corrected chi connectivity index (χ0v) is 18.8. The normalized spacial score (nSPS) is 15.9. The van der Waals surface area contributed by atoms with Crippen LogP contribution in [0, 0.1) is 6.92 Å². The van der Waals surface area contributed by atoms with Crippen LogP contribution in [0.15, 0.2) is 47.5 Å². The van der Waals surface area contributed by atoms with Crippen molar-refractivity contribution < 1.29 is 14.2 Å². The smallest absolute Gasteiger partial charge is 0.245 e. The summed E-state index contributed by atoms with van der Waals surface area (Å²) in [4.78, 5) is 8.20. The standard InChI is InChI=1S/C24H30N4O3/c1-6-27(7-2)28-22-12-10-18(29-5)15-20(22)23(26-24(28)30-8-3)31-19-9-11-21-17(14-19)13-16(4)25-21/h9-15,24-25H,6-8H2,1-5H3. The van der Waals surface area contributed by atoms with E-state index < -0.39 is 6.35 Å². The maximum Gasteiger partial charge on any atom is 0.245 e. The zero-order chi connectivity index (χ0) is 22.0. The third kappa shape index (κ3) is 4.11. The Hall–Kier alpha value is -3.03. The Balaban J connectivity index is 1.78. The third-order valence-electron chi connectivity index (χ3n) is 5.41. The maximum atomic E-state index is 6.33. The lowest BCUT2D eigenvalue weighted by atomic mass is 10.1. The molecular formula is C24H30N4O3. The van der Waals surface area contributed by atoms with Gasteiger partial charge in [0.2, 0.25) is 12.2 Å². The maximum absolute atomic E-state index is 6.33. The highest BCUT2D eigenvalue weighted by Crippen LogP contribution is 2.34. The molecule has 31 heavy (non-hydrogen) atoms. The molecule has 0 bridgehead atoms. The van der Waals surface area contributed by atoms with E-state index >= 15 is 0 Å². The lowest BCUT2D eigenvalue weighted by Crippen LogP contribution is -2.52. The first-order valence-electron chi connectivity index (χ1n) is 10.8. The first-order chi connectivity index (χ1) is 15.1. The van der Waals surface area contributed by atoms with Crippen molar-refractivity contribution in [3.05, 3.63) is 53.7 Å². The Morgan fingerprint density at radius 3 is 2.52 bits per heavy atom. The van der Waals surface area contributed by atoms with E-state index in [4.69, 9.17) is 19.2 Å². The van der Waals surface area contributed by atoms with Crippen LogP contribution >= 0.6 is 0 Å². The van der Waals surface area contributed by atoms with Crippen molar-refractivity contribution in [3.63, 3.8) is 0 Å². The van der Waals surface area contributed by atoms with Crippen LogP contribution in [0.1, 0.15) is 32.0 Å². The van der Waals surface area contributed by atoms with Crippen LogP contribution in [0.4, 0.5) is 5.69 Å². The number of hydrazine groups is 1. The Labute approximate surface area is 183 Å². The summed E-state index contributed by atoms with van der Waals surface area (Å²) in [5.74, 6) is 1.99. The van der Waals surface area contributed by atoms with Crippen LogP contribution < -0.4 is 14.5 Å². The Kier molecular flexibility index (Phi) is 6.15. The lowest BCUT2D eigenvalue weighted by molar-refractivity contribution is 0.0235. The Morgan fingerprint density at radius 2 is 1.81 bits per heavy atom. The summed E-state index contributed by atoms with van der Waals surface area (Å²) in [5, 5.41) is 5.41. The molecule has 1 aromatic heterocycles. The Morgan fingerprint density at radius 1 is 1.03 bits per heavy atom. The zero-order valence-electron chi connectivity index (χ0n) is 18.8. The molecule has 164 valence electrons. The van der Waals surface area contributed by atoms with E-state index in [0.717, 1.165) is 52.4 Å². The van der Waals surface area contributed by atoms with Gasteiger partial charge in [-0.1, -0.05) is 13.8 Å². The van der Waals surface area contributed by atoms with Gasteiger partial charge in [-0.05, 0) is 56.3 Å². The predicted octanol–water partition coefficient (Wildman–Crippen LogP) is 4.71. The largest absolute Gasteiger partial charge is 0.497 e. The molecule has 4 rings (SSSR count). The summed E-state index contributed by atoms with van der Waals surface area (Å²) in [5.41, 5.74) is 4.04. The molecule has 1 unspecified atom stereocenters. The van der Waals surface area contributed by atoms with Crippen LogP contribution in [0.5, 0.6) is 11.5 Å². The van der Waals surface area contributed by atoms with Gasteiger partial charge in [-0.15, -0.1) is 0 Å². The second kappa shape index (κ2) is 8.99. The van der Waals surface area contributed by atoms with Gasteiger partial charge in [-0.25, -0.2) is 5.01 Å². The molecule has 0 fully saturated rings. The number of aromatic nitrogens is 1. The minimum absolute atomic E-state index is 0.501. The van der Waals surface area contributed by atoms with Crippen LogP contribution in [0.3, 0.4) is 0 Å². The molecule has 1 aliphatic rings. The van der Waals surface area contributed by atoms with Gasteiger partial charge in [0.1, 0.15) is 11.5 Å². The van der Waals surface area contributed by atoms with E-state index in [1.165, 1.54) is 0 Å². The average Bonchev–Trinajstić information content (AvgIpc) is 3.15. The highest BCUT2D eigenvalue weighted by Gasteiger charge is 2.33. The second-order valence-corrected chi connectivity index (χ2v) is 7.39. The van der Waals surface area contributed by atoms with Gasteiger partial charge in [-0.2, -0.15) is 4.99 Å². The fraction of sp³-hybridized carbons (Fsp3) is 0.375. The van der Waals surface area contributed by atoms with Gasteiger partial charge in [-0.3, -0.25) is 5.01 Å². The van der Waals surface area contributed by atoms with Crippen molar-refractivity contribution in [3.8, 4) is 11.5 Å². The molecule has 3 aromatic rings. The highest BCUT2D eigenvalue weighted by atomic mass is 16.5. The van der Waals surface area contributed by atoms with Crippen molar-refractivity contribution in [1.29, 1.82) is 0 Å². The quantitative estimate of drug-likeness (QED) is 0.598.